The van der Waals surface area contributed by atoms with Crippen LogP contribution in [0.5, 0.6) is 5.75 Å². The monoisotopic (exact) mass is 275 g/mol. The molecule has 2 aromatic carbocycles. The maximum absolute atomic E-state index is 6.00. The number of hydrogen-bond donors (Lipinski definition) is 0. The first-order chi connectivity index (χ1) is 8.74. The summed E-state index contributed by atoms with van der Waals surface area (Å²) < 4.78 is 5.65. The Morgan fingerprint density at radius 3 is 2.67 bits per heavy atom. The van der Waals surface area contributed by atoms with Gasteiger partial charge in [0, 0.05) is 16.3 Å². The van der Waals surface area contributed by atoms with Gasteiger partial charge in [0.05, 0.1) is 6.54 Å². The number of thiocarbonyl (C=S) groups is 1. The number of benzene rings is 2. The molecular formula is C14H10ClNOS. The van der Waals surface area contributed by atoms with Crippen LogP contribution in [-0.2, 0) is 6.54 Å². The van der Waals surface area contributed by atoms with E-state index in [9.17, 15) is 0 Å². The van der Waals surface area contributed by atoms with E-state index in [1.807, 2.05) is 47.4 Å². The summed E-state index contributed by atoms with van der Waals surface area (Å²) in [5, 5.41) is 1.18. The van der Waals surface area contributed by atoms with Crippen LogP contribution in [0.2, 0.25) is 5.02 Å². The van der Waals surface area contributed by atoms with Gasteiger partial charge in [0.2, 0.25) is 0 Å². The molecule has 90 valence electrons. The van der Waals surface area contributed by atoms with E-state index in [1.54, 1.807) is 6.07 Å². The molecule has 0 N–H and O–H groups in total. The number of halogens is 1. The molecule has 0 aliphatic carbocycles. The number of hydrogen-bond acceptors (Lipinski definition) is 2. The fourth-order valence-corrected chi connectivity index (χ4v) is 2.41. The lowest BCUT2D eigenvalue weighted by molar-refractivity contribution is 0.518. The van der Waals surface area contributed by atoms with E-state index >= 15 is 0 Å². The molecule has 1 heterocycles. The average molecular weight is 276 g/mol. The van der Waals surface area contributed by atoms with Crippen molar-refractivity contribution in [1.29, 1.82) is 0 Å². The third kappa shape index (κ3) is 2.07. The molecular weight excluding hydrogens is 266 g/mol. The van der Waals surface area contributed by atoms with Gasteiger partial charge in [0.15, 0.2) is 0 Å². The summed E-state index contributed by atoms with van der Waals surface area (Å²) in [7, 11) is 0. The van der Waals surface area contributed by atoms with E-state index in [4.69, 9.17) is 28.6 Å². The van der Waals surface area contributed by atoms with Crippen molar-refractivity contribution in [3.05, 3.63) is 59.1 Å². The lowest BCUT2D eigenvalue weighted by atomic mass is 10.1. The molecule has 0 fully saturated rings. The van der Waals surface area contributed by atoms with Gasteiger partial charge in [-0.05, 0) is 42.5 Å². The van der Waals surface area contributed by atoms with Crippen LogP contribution in [0.25, 0.3) is 0 Å². The number of rotatable bonds is 1. The molecule has 0 unspecified atom stereocenters. The zero-order valence-corrected chi connectivity index (χ0v) is 11.0. The second kappa shape index (κ2) is 4.59. The molecule has 4 heteroatoms. The van der Waals surface area contributed by atoms with Crippen molar-refractivity contribution < 1.29 is 4.74 Å². The fourth-order valence-electron chi connectivity index (χ4n) is 1.96. The summed E-state index contributed by atoms with van der Waals surface area (Å²) in [5.41, 5.74) is 2.06. The number of fused-ring (bicyclic) bond motifs is 1. The summed E-state index contributed by atoms with van der Waals surface area (Å²) in [4.78, 5) is 1.95. The zero-order chi connectivity index (χ0) is 12.5. The zero-order valence-electron chi connectivity index (χ0n) is 9.47. The van der Waals surface area contributed by atoms with Gasteiger partial charge in [-0.1, -0.05) is 29.8 Å². The van der Waals surface area contributed by atoms with Crippen LogP contribution in [0, 0.1) is 0 Å². The third-order valence-corrected chi connectivity index (χ3v) is 3.38. The summed E-state index contributed by atoms with van der Waals surface area (Å²) in [6, 6.07) is 15.5. The summed E-state index contributed by atoms with van der Waals surface area (Å²) in [6.45, 7) is 0.679. The summed E-state index contributed by atoms with van der Waals surface area (Å²) in [6.07, 6.45) is 0. The molecule has 0 saturated carbocycles. The van der Waals surface area contributed by atoms with Crippen LogP contribution in [0.3, 0.4) is 0 Å². The quantitative estimate of drug-likeness (QED) is 0.729. The molecule has 0 spiro atoms. The molecule has 1 aliphatic rings. The SMILES string of the molecule is S=C1Oc2ccc(Cl)cc2CN1c1ccccc1. The minimum absolute atomic E-state index is 0.469. The highest BCUT2D eigenvalue weighted by atomic mass is 35.5. The molecule has 0 radical (unpaired) electrons. The number of para-hydroxylation sites is 1. The first-order valence-corrected chi connectivity index (χ1v) is 6.35. The first-order valence-electron chi connectivity index (χ1n) is 5.57. The lowest BCUT2D eigenvalue weighted by Gasteiger charge is -2.30. The highest BCUT2D eigenvalue weighted by Gasteiger charge is 2.22. The maximum Gasteiger partial charge on any atom is 0.269 e. The standard InChI is InChI=1S/C14H10ClNOS/c15-11-6-7-13-10(8-11)9-16(14(18)17-13)12-4-2-1-3-5-12/h1-8H,9H2. The first kappa shape index (κ1) is 11.5. The van der Waals surface area contributed by atoms with E-state index < -0.39 is 0 Å². The predicted molar refractivity (Wildman–Crippen MR) is 77.3 cm³/mol. The number of anilines is 1. The second-order valence-corrected chi connectivity index (χ2v) is 4.83. The van der Waals surface area contributed by atoms with E-state index in [0.29, 0.717) is 16.7 Å². The predicted octanol–water partition coefficient (Wildman–Crippen LogP) is 4.02. The molecule has 18 heavy (non-hydrogen) atoms. The maximum atomic E-state index is 6.00. The van der Waals surface area contributed by atoms with Gasteiger partial charge >= 0.3 is 0 Å². The molecule has 0 aromatic heterocycles. The Labute approximate surface area is 116 Å². The van der Waals surface area contributed by atoms with E-state index in [1.165, 1.54) is 0 Å². The van der Waals surface area contributed by atoms with Crippen molar-refractivity contribution in [3.63, 3.8) is 0 Å². The van der Waals surface area contributed by atoms with Gasteiger partial charge in [-0.25, -0.2) is 0 Å². The Bertz CT molecular complexity index is 600. The number of ether oxygens (including phenoxy) is 1. The third-order valence-electron chi connectivity index (χ3n) is 2.84. The smallest absolute Gasteiger partial charge is 0.269 e. The Kier molecular flexibility index (Phi) is 2.94. The van der Waals surface area contributed by atoms with Gasteiger partial charge < -0.3 is 4.74 Å². The van der Waals surface area contributed by atoms with Gasteiger partial charge in [-0.3, -0.25) is 4.90 Å². The van der Waals surface area contributed by atoms with Crippen LogP contribution in [0.15, 0.2) is 48.5 Å². The highest BCUT2D eigenvalue weighted by Crippen LogP contribution is 2.31. The van der Waals surface area contributed by atoms with Gasteiger partial charge in [0.1, 0.15) is 5.75 Å². The molecule has 0 amide bonds. The minimum Gasteiger partial charge on any atom is -0.431 e. The molecule has 3 rings (SSSR count). The van der Waals surface area contributed by atoms with Gasteiger partial charge in [-0.2, -0.15) is 0 Å². The van der Waals surface area contributed by atoms with Crippen molar-refractivity contribution in [2.45, 2.75) is 6.54 Å². The number of nitrogens with zero attached hydrogens (tertiary/aromatic N) is 1. The Morgan fingerprint density at radius 2 is 1.89 bits per heavy atom. The Hall–Kier alpha value is -1.58. The van der Waals surface area contributed by atoms with Crippen molar-refractivity contribution >= 4 is 34.7 Å². The van der Waals surface area contributed by atoms with Crippen LogP contribution in [0.4, 0.5) is 5.69 Å². The van der Waals surface area contributed by atoms with E-state index in [-0.39, 0.29) is 0 Å². The molecule has 0 atom stereocenters. The minimum atomic E-state index is 0.469. The molecule has 0 saturated heterocycles. The van der Waals surface area contributed by atoms with Crippen molar-refractivity contribution in [3.8, 4) is 5.75 Å². The molecule has 0 bridgehead atoms. The fraction of sp³-hybridized carbons (Fsp3) is 0.0714. The Balaban J connectivity index is 1.99. The van der Waals surface area contributed by atoms with Crippen LogP contribution >= 0.6 is 23.8 Å². The van der Waals surface area contributed by atoms with Crippen molar-refractivity contribution in [2.75, 3.05) is 4.90 Å². The van der Waals surface area contributed by atoms with Gasteiger partial charge in [0.25, 0.3) is 5.17 Å². The highest BCUT2D eigenvalue weighted by molar-refractivity contribution is 7.80. The van der Waals surface area contributed by atoms with Gasteiger partial charge in [-0.15, -0.1) is 0 Å². The van der Waals surface area contributed by atoms with Crippen molar-refractivity contribution in [2.24, 2.45) is 0 Å². The second-order valence-electron chi connectivity index (χ2n) is 4.04. The molecule has 2 nitrogen and oxygen atoms in total. The summed E-state index contributed by atoms with van der Waals surface area (Å²) >= 11 is 11.3. The largest absolute Gasteiger partial charge is 0.431 e. The van der Waals surface area contributed by atoms with Crippen LogP contribution in [-0.4, -0.2) is 5.17 Å². The molecule has 2 aromatic rings. The van der Waals surface area contributed by atoms with Crippen LogP contribution < -0.4 is 9.64 Å². The van der Waals surface area contributed by atoms with E-state index in [2.05, 4.69) is 0 Å². The summed E-state index contributed by atoms with van der Waals surface area (Å²) in [5.74, 6) is 0.789. The Morgan fingerprint density at radius 1 is 1.11 bits per heavy atom. The van der Waals surface area contributed by atoms with Crippen molar-refractivity contribution in [1.82, 2.24) is 0 Å². The van der Waals surface area contributed by atoms with E-state index in [0.717, 1.165) is 17.0 Å². The lowest BCUT2D eigenvalue weighted by Crippen LogP contribution is -2.36. The average Bonchev–Trinajstić information content (AvgIpc) is 2.39. The molecule has 1 aliphatic heterocycles. The van der Waals surface area contributed by atoms with Crippen LogP contribution in [0.1, 0.15) is 5.56 Å². The topological polar surface area (TPSA) is 12.5 Å². The normalized spacial score (nSPS) is 14.1.